The SMILES string of the molecule is C#Cc1cccc(NC(=O)NC2CCC2)c1. The Morgan fingerprint density at radius 3 is 2.88 bits per heavy atom. The van der Waals surface area contributed by atoms with Crippen molar-refractivity contribution in [3.63, 3.8) is 0 Å². The number of carbonyl (C=O) groups is 1. The Hall–Kier alpha value is -1.95. The van der Waals surface area contributed by atoms with Crippen LogP contribution in [0.2, 0.25) is 0 Å². The number of anilines is 1. The molecule has 3 nitrogen and oxygen atoms in total. The van der Waals surface area contributed by atoms with Gasteiger partial charge in [-0.3, -0.25) is 0 Å². The molecule has 1 aromatic carbocycles. The van der Waals surface area contributed by atoms with Gasteiger partial charge in [0.25, 0.3) is 0 Å². The normalized spacial score (nSPS) is 14.7. The average Bonchev–Trinajstić information content (AvgIpc) is 2.24. The topological polar surface area (TPSA) is 41.1 Å². The lowest BCUT2D eigenvalue weighted by Crippen LogP contribution is -2.41. The highest BCUT2D eigenvalue weighted by Crippen LogP contribution is 2.18. The minimum absolute atomic E-state index is 0.154. The van der Waals surface area contributed by atoms with E-state index in [9.17, 15) is 4.79 Å². The Balaban J connectivity index is 1.92. The van der Waals surface area contributed by atoms with Crippen molar-refractivity contribution in [3.8, 4) is 12.3 Å². The lowest BCUT2D eigenvalue weighted by atomic mass is 9.93. The van der Waals surface area contributed by atoms with Gasteiger partial charge in [0.15, 0.2) is 0 Å². The second kappa shape index (κ2) is 4.71. The predicted octanol–water partition coefficient (Wildman–Crippen LogP) is 2.34. The molecule has 1 aliphatic rings. The fraction of sp³-hybridized carbons (Fsp3) is 0.308. The molecule has 0 heterocycles. The van der Waals surface area contributed by atoms with Crippen LogP contribution in [0.3, 0.4) is 0 Å². The molecular formula is C13H14N2O. The third-order valence-corrected chi connectivity index (χ3v) is 2.73. The van der Waals surface area contributed by atoms with E-state index in [0.717, 1.165) is 24.1 Å². The molecule has 0 atom stereocenters. The number of hydrogen-bond donors (Lipinski definition) is 2. The molecule has 1 aromatic rings. The third kappa shape index (κ3) is 2.54. The van der Waals surface area contributed by atoms with Gasteiger partial charge in [-0.2, -0.15) is 0 Å². The van der Waals surface area contributed by atoms with Crippen LogP contribution in [0.15, 0.2) is 24.3 Å². The van der Waals surface area contributed by atoms with Gasteiger partial charge in [-0.25, -0.2) is 4.79 Å². The van der Waals surface area contributed by atoms with Crippen molar-refractivity contribution in [2.24, 2.45) is 0 Å². The first-order chi connectivity index (χ1) is 7.78. The molecule has 1 fully saturated rings. The highest BCUT2D eigenvalue weighted by molar-refractivity contribution is 5.89. The van der Waals surface area contributed by atoms with Crippen molar-refractivity contribution in [2.75, 3.05) is 5.32 Å². The number of benzene rings is 1. The van der Waals surface area contributed by atoms with Crippen LogP contribution in [0.5, 0.6) is 0 Å². The lowest BCUT2D eigenvalue weighted by Gasteiger charge is -2.26. The maximum absolute atomic E-state index is 11.5. The third-order valence-electron chi connectivity index (χ3n) is 2.73. The van der Waals surface area contributed by atoms with Crippen molar-refractivity contribution in [1.29, 1.82) is 0 Å². The van der Waals surface area contributed by atoms with E-state index in [2.05, 4.69) is 16.6 Å². The van der Waals surface area contributed by atoms with Gasteiger partial charge in [0.2, 0.25) is 0 Å². The van der Waals surface area contributed by atoms with Crippen molar-refractivity contribution in [3.05, 3.63) is 29.8 Å². The smallest absolute Gasteiger partial charge is 0.319 e. The predicted molar refractivity (Wildman–Crippen MR) is 64.2 cm³/mol. The number of hydrogen-bond acceptors (Lipinski definition) is 1. The van der Waals surface area contributed by atoms with Crippen LogP contribution in [0, 0.1) is 12.3 Å². The Labute approximate surface area is 95.2 Å². The van der Waals surface area contributed by atoms with Gasteiger partial charge < -0.3 is 10.6 Å². The molecule has 16 heavy (non-hydrogen) atoms. The first-order valence-electron chi connectivity index (χ1n) is 5.42. The van der Waals surface area contributed by atoms with E-state index in [1.807, 2.05) is 18.2 Å². The number of rotatable bonds is 2. The van der Waals surface area contributed by atoms with Crippen molar-refractivity contribution >= 4 is 11.7 Å². The molecule has 2 rings (SSSR count). The van der Waals surface area contributed by atoms with Crippen LogP contribution in [0.4, 0.5) is 10.5 Å². The van der Waals surface area contributed by atoms with Crippen molar-refractivity contribution < 1.29 is 4.79 Å². The van der Waals surface area contributed by atoms with E-state index in [1.165, 1.54) is 6.42 Å². The van der Waals surface area contributed by atoms with Gasteiger partial charge in [-0.15, -0.1) is 6.42 Å². The molecule has 0 radical (unpaired) electrons. The molecule has 1 saturated carbocycles. The maximum atomic E-state index is 11.5. The zero-order chi connectivity index (χ0) is 11.4. The number of terminal acetylenes is 1. The number of amides is 2. The van der Waals surface area contributed by atoms with Crippen LogP contribution in [-0.4, -0.2) is 12.1 Å². The molecular weight excluding hydrogens is 200 g/mol. The largest absolute Gasteiger partial charge is 0.335 e. The van der Waals surface area contributed by atoms with Gasteiger partial charge in [-0.1, -0.05) is 12.0 Å². The van der Waals surface area contributed by atoms with E-state index >= 15 is 0 Å². The second-order valence-electron chi connectivity index (χ2n) is 3.95. The molecule has 2 amide bonds. The average molecular weight is 214 g/mol. The van der Waals surface area contributed by atoms with Gasteiger partial charge in [0.1, 0.15) is 0 Å². The number of carbonyl (C=O) groups excluding carboxylic acids is 1. The molecule has 0 bridgehead atoms. The maximum Gasteiger partial charge on any atom is 0.319 e. The summed E-state index contributed by atoms with van der Waals surface area (Å²) < 4.78 is 0. The Morgan fingerprint density at radius 1 is 1.44 bits per heavy atom. The Kier molecular flexibility index (Phi) is 3.11. The summed E-state index contributed by atoms with van der Waals surface area (Å²) in [4.78, 5) is 11.5. The van der Waals surface area contributed by atoms with E-state index in [1.54, 1.807) is 6.07 Å². The molecule has 0 saturated heterocycles. The summed E-state index contributed by atoms with van der Waals surface area (Å²) in [5.74, 6) is 2.53. The first-order valence-corrected chi connectivity index (χ1v) is 5.42. The fourth-order valence-corrected chi connectivity index (χ4v) is 1.59. The quantitative estimate of drug-likeness (QED) is 0.729. The highest BCUT2D eigenvalue weighted by atomic mass is 16.2. The molecule has 0 aliphatic heterocycles. The van der Waals surface area contributed by atoms with Crippen molar-refractivity contribution in [2.45, 2.75) is 25.3 Å². The summed E-state index contributed by atoms with van der Waals surface area (Å²) in [5.41, 5.74) is 1.49. The van der Waals surface area contributed by atoms with Crippen LogP contribution < -0.4 is 10.6 Å². The fourth-order valence-electron chi connectivity index (χ4n) is 1.59. The van der Waals surface area contributed by atoms with E-state index in [4.69, 9.17) is 6.42 Å². The Morgan fingerprint density at radius 2 is 2.25 bits per heavy atom. The monoisotopic (exact) mass is 214 g/mol. The molecule has 0 unspecified atom stereocenters. The van der Waals surface area contributed by atoms with E-state index in [0.29, 0.717) is 6.04 Å². The second-order valence-corrected chi connectivity index (χ2v) is 3.95. The summed E-state index contributed by atoms with van der Waals surface area (Å²) in [5, 5.41) is 5.67. The molecule has 0 aromatic heterocycles. The molecule has 1 aliphatic carbocycles. The number of urea groups is 1. The first kappa shape index (κ1) is 10.6. The standard InChI is InChI=1S/C13H14N2O/c1-2-10-5-3-8-12(9-10)15-13(16)14-11-6-4-7-11/h1,3,5,8-9,11H,4,6-7H2,(H2,14,15,16). The summed E-state index contributed by atoms with van der Waals surface area (Å²) >= 11 is 0. The highest BCUT2D eigenvalue weighted by Gasteiger charge is 2.19. The van der Waals surface area contributed by atoms with Gasteiger partial charge in [-0.05, 0) is 37.5 Å². The summed E-state index contributed by atoms with van der Waals surface area (Å²) in [7, 11) is 0. The van der Waals surface area contributed by atoms with Gasteiger partial charge >= 0.3 is 6.03 Å². The van der Waals surface area contributed by atoms with Crippen LogP contribution in [0.25, 0.3) is 0 Å². The van der Waals surface area contributed by atoms with E-state index < -0.39 is 0 Å². The summed E-state index contributed by atoms with van der Waals surface area (Å²) in [6.07, 6.45) is 8.65. The van der Waals surface area contributed by atoms with Crippen molar-refractivity contribution in [1.82, 2.24) is 5.32 Å². The molecule has 3 heteroatoms. The Bertz CT molecular complexity index is 430. The minimum Gasteiger partial charge on any atom is -0.335 e. The van der Waals surface area contributed by atoms with E-state index in [-0.39, 0.29) is 6.03 Å². The summed E-state index contributed by atoms with van der Waals surface area (Å²) in [6, 6.07) is 7.44. The zero-order valence-electron chi connectivity index (χ0n) is 8.99. The van der Waals surface area contributed by atoms with Gasteiger partial charge in [0, 0.05) is 17.3 Å². The zero-order valence-corrected chi connectivity index (χ0v) is 8.99. The lowest BCUT2D eigenvalue weighted by molar-refractivity contribution is 0.240. The molecule has 0 spiro atoms. The minimum atomic E-state index is -0.154. The van der Waals surface area contributed by atoms with Crippen LogP contribution in [-0.2, 0) is 0 Å². The van der Waals surface area contributed by atoms with Gasteiger partial charge in [0.05, 0.1) is 0 Å². The summed E-state index contributed by atoms with van der Waals surface area (Å²) in [6.45, 7) is 0. The van der Waals surface area contributed by atoms with Crippen LogP contribution >= 0.6 is 0 Å². The molecule has 2 N–H and O–H groups in total. The van der Waals surface area contributed by atoms with Crippen LogP contribution in [0.1, 0.15) is 24.8 Å². The number of nitrogens with one attached hydrogen (secondary N) is 2. The molecule has 82 valence electrons.